The van der Waals surface area contributed by atoms with Crippen molar-refractivity contribution in [1.82, 2.24) is 9.97 Å². The predicted molar refractivity (Wildman–Crippen MR) is 89.2 cm³/mol. The summed E-state index contributed by atoms with van der Waals surface area (Å²) in [6.45, 7) is 3.23. The zero-order valence-electron chi connectivity index (χ0n) is 11.7. The van der Waals surface area contributed by atoms with Crippen molar-refractivity contribution in [2.75, 3.05) is 13.2 Å². The van der Waals surface area contributed by atoms with E-state index in [1.54, 1.807) is 23.1 Å². The van der Waals surface area contributed by atoms with Crippen LogP contribution in [0.1, 0.15) is 17.1 Å². The Morgan fingerprint density at radius 2 is 2.33 bits per heavy atom. The third-order valence-electron chi connectivity index (χ3n) is 3.07. The van der Waals surface area contributed by atoms with E-state index in [1.807, 2.05) is 25.1 Å². The molecule has 0 radical (unpaired) electrons. The van der Waals surface area contributed by atoms with Crippen LogP contribution in [-0.2, 0) is 0 Å². The summed E-state index contributed by atoms with van der Waals surface area (Å²) in [4.78, 5) is 9.23. The lowest BCUT2D eigenvalue weighted by Crippen LogP contribution is -2.08. The molecule has 1 atom stereocenters. The number of fused-ring (bicyclic) bond motifs is 1. The molecular formula is C15H17N3OS2. The average molecular weight is 319 g/mol. The molecule has 0 spiro atoms. The Kier molecular flexibility index (Phi) is 4.48. The number of aromatic amines is 1. The number of nitrogens with one attached hydrogen (secondary N) is 1. The lowest BCUT2D eigenvalue weighted by molar-refractivity contribution is 0.340. The van der Waals surface area contributed by atoms with Crippen LogP contribution in [0.3, 0.4) is 0 Å². The van der Waals surface area contributed by atoms with Crippen molar-refractivity contribution in [3.63, 3.8) is 0 Å². The Morgan fingerprint density at radius 3 is 3.05 bits per heavy atom. The van der Waals surface area contributed by atoms with Gasteiger partial charge in [0, 0.05) is 17.5 Å². The van der Waals surface area contributed by atoms with Crippen molar-refractivity contribution in [1.29, 1.82) is 0 Å². The summed E-state index contributed by atoms with van der Waals surface area (Å²) in [5.74, 6) is 0.860. The quantitative estimate of drug-likeness (QED) is 0.678. The van der Waals surface area contributed by atoms with E-state index in [2.05, 4.69) is 27.5 Å². The molecule has 2 heterocycles. The van der Waals surface area contributed by atoms with Crippen molar-refractivity contribution < 1.29 is 4.74 Å². The van der Waals surface area contributed by atoms with Gasteiger partial charge in [-0.25, -0.2) is 4.98 Å². The van der Waals surface area contributed by atoms with Gasteiger partial charge in [-0.3, -0.25) is 0 Å². The van der Waals surface area contributed by atoms with Crippen LogP contribution < -0.4 is 10.5 Å². The summed E-state index contributed by atoms with van der Waals surface area (Å²) in [5.41, 5.74) is 7.83. The first-order valence-corrected chi connectivity index (χ1v) is 8.58. The minimum absolute atomic E-state index is 0.233. The molecule has 3 N–H and O–H groups in total. The summed E-state index contributed by atoms with van der Waals surface area (Å²) in [6, 6.07) is 10.1. The predicted octanol–water partition coefficient (Wildman–Crippen LogP) is 3.82. The number of thiophene rings is 1. The second-order valence-electron chi connectivity index (χ2n) is 4.51. The first kappa shape index (κ1) is 14.4. The zero-order chi connectivity index (χ0) is 14.7. The third-order valence-corrected chi connectivity index (χ3v) is 5.35. The molecule has 0 saturated carbocycles. The minimum atomic E-state index is 0.233. The summed E-state index contributed by atoms with van der Waals surface area (Å²) in [7, 11) is 0. The van der Waals surface area contributed by atoms with Gasteiger partial charge in [-0.05, 0) is 30.5 Å². The van der Waals surface area contributed by atoms with E-state index in [4.69, 9.17) is 10.5 Å². The van der Waals surface area contributed by atoms with Crippen LogP contribution >= 0.6 is 23.1 Å². The standard InChI is InChI=1S/C15H17N3OS2/c1-2-19-10-5-6-11-12(8-10)18-15(17-11)21-14(9-16)13-4-3-7-20-13/h3-8,14H,2,9,16H2,1H3,(H,17,18). The number of nitrogens with zero attached hydrogens (tertiary/aromatic N) is 1. The highest BCUT2D eigenvalue weighted by atomic mass is 32.2. The molecule has 0 aliphatic rings. The molecule has 2 aromatic heterocycles. The molecule has 0 aliphatic carbocycles. The molecule has 110 valence electrons. The van der Waals surface area contributed by atoms with Crippen molar-refractivity contribution >= 4 is 34.1 Å². The number of H-pyrrole nitrogens is 1. The van der Waals surface area contributed by atoms with Crippen molar-refractivity contribution in [3.8, 4) is 5.75 Å². The molecule has 0 bridgehead atoms. The molecule has 6 heteroatoms. The summed E-state index contributed by atoms with van der Waals surface area (Å²) < 4.78 is 5.51. The number of hydrogen-bond donors (Lipinski definition) is 2. The van der Waals surface area contributed by atoms with E-state index >= 15 is 0 Å². The van der Waals surface area contributed by atoms with Crippen molar-refractivity contribution in [2.24, 2.45) is 5.73 Å². The lowest BCUT2D eigenvalue weighted by atomic mass is 10.3. The molecule has 21 heavy (non-hydrogen) atoms. The molecule has 0 saturated heterocycles. The largest absolute Gasteiger partial charge is 0.494 e. The number of aromatic nitrogens is 2. The second kappa shape index (κ2) is 6.51. The fraction of sp³-hybridized carbons (Fsp3) is 0.267. The molecule has 0 fully saturated rings. The Morgan fingerprint density at radius 1 is 1.43 bits per heavy atom. The molecule has 0 amide bonds. The Hall–Kier alpha value is -1.50. The van der Waals surface area contributed by atoms with E-state index in [0.29, 0.717) is 13.2 Å². The van der Waals surface area contributed by atoms with Crippen LogP contribution in [0.2, 0.25) is 0 Å². The molecule has 4 nitrogen and oxygen atoms in total. The topological polar surface area (TPSA) is 63.9 Å². The van der Waals surface area contributed by atoms with Gasteiger partial charge in [0.2, 0.25) is 0 Å². The minimum Gasteiger partial charge on any atom is -0.494 e. The maximum atomic E-state index is 5.89. The van der Waals surface area contributed by atoms with E-state index in [1.165, 1.54) is 4.88 Å². The first-order chi connectivity index (χ1) is 10.3. The fourth-order valence-electron chi connectivity index (χ4n) is 2.11. The van der Waals surface area contributed by atoms with E-state index in [0.717, 1.165) is 21.9 Å². The number of nitrogens with two attached hydrogens (primary N) is 1. The summed E-state index contributed by atoms with van der Waals surface area (Å²) in [5, 5.41) is 3.20. The highest BCUT2D eigenvalue weighted by molar-refractivity contribution is 7.99. The van der Waals surface area contributed by atoms with Gasteiger partial charge in [-0.15, -0.1) is 11.3 Å². The van der Waals surface area contributed by atoms with Gasteiger partial charge in [0.15, 0.2) is 5.16 Å². The Bertz CT molecular complexity index is 709. The lowest BCUT2D eigenvalue weighted by Gasteiger charge is -2.09. The number of benzene rings is 1. The maximum Gasteiger partial charge on any atom is 0.167 e. The highest BCUT2D eigenvalue weighted by Gasteiger charge is 2.15. The molecule has 3 rings (SSSR count). The van der Waals surface area contributed by atoms with Crippen LogP contribution in [0.5, 0.6) is 5.75 Å². The number of hydrogen-bond acceptors (Lipinski definition) is 5. The fourth-order valence-corrected chi connectivity index (χ4v) is 4.02. The highest BCUT2D eigenvalue weighted by Crippen LogP contribution is 2.36. The van der Waals surface area contributed by atoms with Crippen LogP contribution in [0.15, 0.2) is 40.9 Å². The van der Waals surface area contributed by atoms with Gasteiger partial charge >= 0.3 is 0 Å². The Labute approximate surface area is 131 Å². The van der Waals surface area contributed by atoms with E-state index < -0.39 is 0 Å². The monoisotopic (exact) mass is 319 g/mol. The van der Waals surface area contributed by atoms with Crippen LogP contribution in [0.25, 0.3) is 11.0 Å². The van der Waals surface area contributed by atoms with E-state index in [-0.39, 0.29) is 5.25 Å². The summed E-state index contributed by atoms with van der Waals surface area (Å²) >= 11 is 3.40. The van der Waals surface area contributed by atoms with Crippen LogP contribution in [0, 0.1) is 0 Å². The van der Waals surface area contributed by atoms with Gasteiger partial charge in [-0.2, -0.15) is 0 Å². The van der Waals surface area contributed by atoms with Gasteiger partial charge in [0.25, 0.3) is 0 Å². The normalized spacial score (nSPS) is 12.7. The number of ether oxygens (including phenoxy) is 1. The molecule has 1 unspecified atom stereocenters. The molecule has 1 aromatic carbocycles. The zero-order valence-corrected chi connectivity index (χ0v) is 13.3. The van der Waals surface area contributed by atoms with Gasteiger partial charge in [-0.1, -0.05) is 17.8 Å². The third kappa shape index (κ3) is 3.23. The average Bonchev–Trinajstić information content (AvgIpc) is 3.13. The number of thioether (sulfide) groups is 1. The van der Waals surface area contributed by atoms with Gasteiger partial charge in [0.05, 0.1) is 22.9 Å². The van der Waals surface area contributed by atoms with E-state index in [9.17, 15) is 0 Å². The first-order valence-electron chi connectivity index (χ1n) is 6.83. The smallest absolute Gasteiger partial charge is 0.167 e. The Balaban J connectivity index is 1.83. The second-order valence-corrected chi connectivity index (χ2v) is 6.68. The molecule has 3 aromatic rings. The SMILES string of the molecule is CCOc1ccc2nc(SC(CN)c3cccs3)[nH]c2c1. The van der Waals surface area contributed by atoms with Crippen molar-refractivity contribution in [2.45, 2.75) is 17.3 Å². The van der Waals surface area contributed by atoms with Crippen LogP contribution in [0.4, 0.5) is 0 Å². The van der Waals surface area contributed by atoms with Gasteiger partial charge < -0.3 is 15.5 Å². The molecule has 0 aliphatic heterocycles. The summed E-state index contributed by atoms with van der Waals surface area (Å²) in [6.07, 6.45) is 0. The van der Waals surface area contributed by atoms with Crippen LogP contribution in [-0.4, -0.2) is 23.1 Å². The molecular weight excluding hydrogens is 302 g/mol. The maximum absolute atomic E-state index is 5.89. The number of rotatable bonds is 6. The number of imidazole rings is 1. The van der Waals surface area contributed by atoms with Gasteiger partial charge in [0.1, 0.15) is 5.75 Å². The van der Waals surface area contributed by atoms with Crippen molar-refractivity contribution in [3.05, 3.63) is 40.6 Å².